The molecule has 0 radical (unpaired) electrons. The second-order valence-electron chi connectivity index (χ2n) is 4.21. The third-order valence-electron chi connectivity index (χ3n) is 2.86. The van der Waals surface area contributed by atoms with Crippen LogP contribution in [0.3, 0.4) is 0 Å². The lowest BCUT2D eigenvalue weighted by Crippen LogP contribution is -1.98. The van der Waals surface area contributed by atoms with E-state index in [9.17, 15) is 0 Å². The summed E-state index contributed by atoms with van der Waals surface area (Å²) < 4.78 is 2.93. The molecule has 0 amide bonds. The van der Waals surface area contributed by atoms with Gasteiger partial charge in [0.2, 0.25) is 0 Å². The molecule has 0 saturated heterocycles. The summed E-state index contributed by atoms with van der Waals surface area (Å²) in [5.41, 5.74) is 14.3. The Labute approximate surface area is 109 Å². The number of imidazole rings is 1. The molecule has 0 bridgehead atoms. The first-order valence-corrected chi connectivity index (χ1v) is 6.64. The van der Waals surface area contributed by atoms with Gasteiger partial charge in [-0.2, -0.15) is 0 Å². The van der Waals surface area contributed by atoms with Gasteiger partial charge in [0.15, 0.2) is 5.65 Å². The van der Waals surface area contributed by atoms with Gasteiger partial charge in [0, 0.05) is 10.7 Å². The van der Waals surface area contributed by atoms with Crippen molar-refractivity contribution in [1.29, 1.82) is 0 Å². The fraction of sp³-hybridized carbons (Fsp3) is 0.417. The van der Waals surface area contributed by atoms with Gasteiger partial charge < -0.3 is 11.5 Å². The van der Waals surface area contributed by atoms with E-state index in [0.717, 1.165) is 28.7 Å². The van der Waals surface area contributed by atoms with E-state index in [-0.39, 0.29) is 0 Å². The molecule has 0 atom stereocenters. The number of halogens is 1. The van der Waals surface area contributed by atoms with E-state index in [1.807, 2.05) is 16.7 Å². The highest BCUT2D eigenvalue weighted by Crippen LogP contribution is 2.24. The van der Waals surface area contributed by atoms with Crippen molar-refractivity contribution in [2.75, 3.05) is 11.5 Å². The zero-order chi connectivity index (χ0) is 12.4. The number of hydrogen-bond donors (Lipinski definition) is 2. The standard InChI is InChI=1S/C12H17BrN4/c1-2-3-4-5-10-11(15)16-12-9(14)6-8(13)7-17(10)12/h6-7H,2-5,14-15H2,1H3. The van der Waals surface area contributed by atoms with Crippen LogP contribution < -0.4 is 11.5 Å². The predicted octanol–water partition coefficient (Wildman–Crippen LogP) is 2.99. The van der Waals surface area contributed by atoms with Gasteiger partial charge in [-0.3, -0.25) is 4.40 Å². The third-order valence-corrected chi connectivity index (χ3v) is 3.30. The molecule has 2 aromatic rings. The van der Waals surface area contributed by atoms with Crippen LogP contribution in [0.2, 0.25) is 0 Å². The third kappa shape index (κ3) is 2.39. The minimum Gasteiger partial charge on any atom is -0.396 e. The van der Waals surface area contributed by atoms with Gasteiger partial charge >= 0.3 is 0 Å². The molecule has 4 nitrogen and oxygen atoms in total. The fourth-order valence-corrected chi connectivity index (χ4v) is 2.44. The first-order valence-electron chi connectivity index (χ1n) is 5.85. The molecule has 17 heavy (non-hydrogen) atoms. The monoisotopic (exact) mass is 296 g/mol. The molecule has 92 valence electrons. The average molecular weight is 297 g/mol. The highest BCUT2D eigenvalue weighted by Gasteiger charge is 2.11. The van der Waals surface area contributed by atoms with E-state index in [1.165, 1.54) is 12.8 Å². The minimum atomic E-state index is 0.589. The Balaban J connectivity index is 2.43. The summed E-state index contributed by atoms with van der Waals surface area (Å²) in [5, 5.41) is 0. The zero-order valence-electron chi connectivity index (χ0n) is 9.91. The van der Waals surface area contributed by atoms with Crippen LogP contribution in [0.15, 0.2) is 16.7 Å². The molecule has 5 heteroatoms. The normalized spacial score (nSPS) is 11.2. The minimum absolute atomic E-state index is 0.589. The van der Waals surface area contributed by atoms with Crippen molar-refractivity contribution in [3.8, 4) is 0 Å². The number of hydrogen-bond acceptors (Lipinski definition) is 3. The number of nitrogen functional groups attached to an aromatic ring is 2. The molecule has 2 heterocycles. The summed E-state index contributed by atoms with van der Waals surface area (Å²) in [6.45, 7) is 2.19. The van der Waals surface area contributed by atoms with Gasteiger partial charge in [-0.05, 0) is 34.8 Å². The van der Waals surface area contributed by atoms with Gasteiger partial charge in [0.1, 0.15) is 5.82 Å². The lowest BCUT2D eigenvalue weighted by atomic mass is 10.1. The van der Waals surface area contributed by atoms with Crippen LogP contribution in [0, 0.1) is 0 Å². The van der Waals surface area contributed by atoms with Crippen LogP contribution in [0.5, 0.6) is 0 Å². The molecule has 2 rings (SSSR count). The molecule has 0 aliphatic rings. The first kappa shape index (κ1) is 12.2. The molecule has 0 aliphatic carbocycles. The maximum absolute atomic E-state index is 5.95. The van der Waals surface area contributed by atoms with Crippen molar-refractivity contribution in [1.82, 2.24) is 9.38 Å². The molecule has 4 N–H and O–H groups in total. The molecule has 0 unspecified atom stereocenters. The van der Waals surface area contributed by atoms with E-state index < -0.39 is 0 Å². The number of fused-ring (bicyclic) bond motifs is 1. The number of aryl methyl sites for hydroxylation is 1. The first-order chi connectivity index (χ1) is 8.13. The summed E-state index contributed by atoms with van der Waals surface area (Å²) in [4.78, 5) is 4.33. The molecular formula is C12H17BrN4. The van der Waals surface area contributed by atoms with E-state index in [4.69, 9.17) is 11.5 Å². The van der Waals surface area contributed by atoms with Gasteiger partial charge in [-0.15, -0.1) is 0 Å². The Morgan fingerprint density at radius 1 is 1.35 bits per heavy atom. The average Bonchev–Trinajstić information content (AvgIpc) is 2.57. The largest absolute Gasteiger partial charge is 0.396 e. The van der Waals surface area contributed by atoms with Crippen LogP contribution in [0.1, 0.15) is 31.9 Å². The topological polar surface area (TPSA) is 69.3 Å². The van der Waals surface area contributed by atoms with E-state index in [0.29, 0.717) is 11.5 Å². The SMILES string of the molecule is CCCCCc1c(N)nc2c(N)cc(Br)cn12. The number of pyridine rings is 1. The second-order valence-corrected chi connectivity index (χ2v) is 5.12. The summed E-state index contributed by atoms with van der Waals surface area (Å²) in [6, 6.07) is 1.84. The smallest absolute Gasteiger partial charge is 0.162 e. The Kier molecular flexibility index (Phi) is 3.57. The predicted molar refractivity (Wildman–Crippen MR) is 74.9 cm³/mol. The van der Waals surface area contributed by atoms with Crippen molar-refractivity contribution < 1.29 is 0 Å². The fourth-order valence-electron chi connectivity index (χ4n) is 1.99. The lowest BCUT2D eigenvalue weighted by molar-refractivity contribution is 0.705. The van der Waals surface area contributed by atoms with E-state index >= 15 is 0 Å². The quantitative estimate of drug-likeness (QED) is 0.852. The zero-order valence-corrected chi connectivity index (χ0v) is 11.5. The molecule has 0 fully saturated rings. The Morgan fingerprint density at radius 3 is 2.82 bits per heavy atom. The number of aromatic nitrogens is 2. The van der Waals surface area contributed by atoms with Gasteiger partial charge in [-0.1, -0.05) is 19.8 Å². The van der Waals surface area contributed by atoms with Crippen LogP contribution in [0.4, 0.5) is 11.5 Å². The summed E-state index contributed by atoms with van der Waals surface area (Å²) in [6.07, 6.45) is 6.44. The van der Waals surface area contributed by atoms with Crippen LogP contribution >= 0.6 is 15.9 Å². The lowest BCUT2D eigenvalue weighted by Gasteiger charge is -2.04. The number of unbranched alkanes of at least 4 members (excludes halogenated alkanes) is 2. The Bertz CT molecular complexity index is 533. The maximum Gasteiger partial charge on any atom is 0.162 e. The molecule has 0 aromatic carbocycles. The molecular weight excluding hydrogens is 280 g/mol. The van der Waals surface area contributed by atoms with Crippen molar-refractivity contribution in [3.63, 3.8) is 0 Å². The Morgan fingerprint density at radius 2 is 2.12 bits per heavy atom. The van der Waals surface area contributed by atoms with Gasteiger partial charge in [0.05, 0.1) is 11.4 Å². The van der Waals surface area contributed by atoms with Crippen molar-refractivity contribution in [2.24, 2.45) is 0 Å². The van der Waals surface area contributed by atoms with Crippen molar-refractivity contribution >= 4 is 33.1 Å². The molecule has 0 aliphatic heterocycles. The highest BCUT2D eigenvalue weighted by molar-refractivity contribution is 9.10. The number of nitrogens with two attached hydrogens (primary N) is 2. The van der Waals surface area contributed by atoms with Crippen LogP contribution in [-0.4, -0.2) is 9.38 Å². The van der Waals surface area contributed by atoms with Crippen molar-refractivity contribution in [2.45, 2.75) is 32.6 Å². The van der Waals surface area contributed by atoms with E-state index in [2.05, 4.69) is 27.8 Å². The Hall–Kier alpha value is -1.23. The molecule has 0 spiro atoms. The molecule has 2 aromatic heterocycles. The van der Waals surface area contributed by atoms with Crippen LogP contribution in [-0.2, 0) is 6.42 Å². The van der Waals surface area contributed by atoms with E-state index in [1.54, 1.807) is 0 Å². The summed E-state index contributed by atoms with van der Waals surface area (Å²) in [7, 11) is 0. The van der Waals surface area contributed by atoms with Crippen molar-refractivity contribution in [3.05, 3.63) is 22.4 Å². The number of nitrogens with zero attached hydrogens (tertiary/aromatic N) is 2. The number of rotatable bonds is 4. The second kappa shape index (κ2) is 4.96. The van der Waals surface area contributed by atoms with Gasteiger partial charge in [0.25, 0.3) is 0 Å². The number of anilines is 2. The maximum atomic E-state index is 5.95. The van der Waals surface area contributed by atoms with Crippen LogP contribution in [0.25, 0.3) is 5.65 Å². The summed E-state index contributed by atoms with van der Waals surface area (Å²) >= 11 is 3.44. The highest BCUT2D eigenvalue weighted by atomic mass is 79.9. The van der Waals surface area contributed by atoms with Gasteiger partial charge in [-0.25, -0.2) is 4.98 Å². The summed E-state index contributed by atoms with van der Waals surface area (Å²) in [5.74, 6) is 0.589. The molecule has 0 saturated carbocycles.